The molecule has 0 spiro atoms. The Morgan fingerprint density at radius 1 is 1.62 bits per heavy atom. The van der Waals surface area contributed by atoms with Gasteiger partial charge in [-0.15, -0.1) is 0 Å². The SMILES string of the molecule is CC(=O)NCCC1=CNC2=CC=C(O)CC12. The van der Waals surface area contributed by atoms with Crippen LogP contribution < -0.4 is 10.6 Å². The molecule has 0 aromatic carbocycles. The van der Waals surface area contributed by atoms with Crippen molar-refractivity contribution in [2.24, 2.45) is 5.92 Å². The molecule has 0 saturated heterocycles. The van der Waals surface area contributed by atoms with Crippen molar-refractivity contribution in [1.29, 1.82) is 0 Å². The van der Waals surface area contributed by atoms with Crippen LogP contribution in [0.1, 0.15) is 19.8 Å². The molecule has 1 amide bonds. The van der Waals surface area contributed by atoms with Gasteiger partial charge in [0.15, 0.2) is 0 Å². The zero-order chi connectivity index (χ0) is 11.5. The van der Waals surface area contributed by atoms with Crippen molar-refractivity contribution < 1.29 is 9.90 Å². The minimum Gasteiger partial charge on any atom is -0.512 e. The van der Waals surface area contributed by atoms with Crippen molar-refractivity contribution in [2.45, 2.75) is 19.8 Å². The third-order valence-electron chi connectivity index (χ3n) is 2.90. The summed E-state index contributed by atoms with van der Waals surface area (Å²) in [7, 11) is 0. The van der Waals surface area contributed by atoms with Crippen LogP contribution in [-0.2, 0) is 4.79 Å². The van der Waals surface area contributed by atoms with Gasteiger partial charge in [-0.25, -0.2) is 0 Å². The Balaban J connectivity index is 1.91. The van der Waals surface area contributed by atoms with Crippen LogP contribution in [0.4, 0.5) is 0 Å². The van der Waals surface area contributed by atoms with Crippen LogP contribution in [0.25, 0.3) is 0 Å². The van der Waals surface area contributed by atoms with E-state index in [1.807, 2.05) is 12.3 Å². The fourth-order valence-electron chi connectivity index (χ4n) is 2.07. The van der Waals surface area contributed by atoms with Crippen molar-refractivity contribution in [3.8, 4) is 0 Å². The Morgan fingerprint density at radius 3 is 3.19 bits per heavy atom. The second-order valence-electron chi connectivity index (χ2n) is 4.13. The highest BCUT2D eigenvalue weighted by molar-refractivity contribution is 5.72. The number of nitrogens with one attached hydrogen (secondary N) is 2. The molecular weight excluding hydrogens is 204 g/mol. The number of carbonyl (C=O) groups is 1. The van der Waals surface area contributed by atoms with Gasteiger partial charge in [-0.3, -0.25) is 4.79 Å². The van der Waals surface area contributed by atoms with E-state index in [4.69, 9.17) is 0 Å². The lowest BCUT2D eigenvalue weighted by atomic mass is 9.89. The standard InChI is InChI=1S/C12H16N2O2/c1-8(15)13-5-4-9-7-14-12-3-2-10(16)6-11(9)12/h2-3,7,11,14,16H,4-6H2,1H3,(H,13,15). The number of aliphatic hydroxyl groups is 1. The van der Waals surface area contributed by atoms with Gasteiger partial charge in [0.1, 0.15) is 0 Å². The highest BCUT2D eigenvalue weighted by atomic mass is 16.3. The number of hydrogen-bond donors (Lipinski definition) is 3. The number of fused-ring (bicyclic) bond motifs is 1. The monoisotopic (exact) mass is 220 g/mol. The Labute approximate surface area is 94.7 Å². The van der Waals surface area contributed by atoms with Gasteiger partial charge in [0.2, 0.25) is 5.91 Å². The van der Waals surface area contributed by atoms with E-state index in [1.165, 1.54) is 12.5 Å². The van der Waals surface area contributed by atoms with Gasteiger partial charge >= 0.3 is 0 Å². The number of aliphatic hydroxyl groups excluding tert-OH is 1. The van der Waals surface area contributed by atoms with Crippen LogP contribution in [0.3, 0.4) is 0 Å². The predicted molar refractivity (Wildman–Crippen MR) is 61.4 cm³/mol. The van der Waals surface area contributed by atoms with Crippen molar-refractivity contribution in [3.63, 3.8) is 0 Å². The van der Waals surface area contributed by atoms with Gasteiger partial charge in [0, 0.05) is 37.7 Å². The van der Waals surface area contributed by atoms with E-state index in [0.717, 1.165) is 12.1 Å². The smallest absolute Gasteiger partial charge is 0.216 e. The van der Waals surface area contributed by atoms with Crippen molar-refractivity contribution in [3.05, 3.63) is 35.4 Å². The van der Waals surface area contributed by atoms with Crippen molar-refractivity contribution in [2.75, 3.05) is 6.54 Å². The lowest BCUT2D eigenvalue weighted by Crippen LogP contribution is -2.22. The molecule has 4 nitrogen and oxygen atoms in total. The van der Waals surface area contributed by atoms with E-state index in [0.29, 0.717) is 18.7 Å². The minimum absolute atomic E-state index is 0.00583. The summed E-state index contributed by atoms with van der Waals surface area (Å²) >= 11 is 0. The maximum Gasteiger partial charge on any atom is 0.216 e. The molecule has 0 aromatic rings. The minimum atomic E-state index is -0.00583. The summed E-state index contributed by atoms with van der Waals surface area (Å²) < 4.78 is 0. The summed E-state index contributed by atoms with van der Waals surface area (Å²) in [6, 6.07) is 0. The molecule has 1 atom stereocenters. The van der Waals surface area contributed by atoms with Crippen LogP contribution >= 0.6 is 0 Å². The second-order valence-corrected chi connectivity index (χ2v) is 4.13. The largest absolute Gasteiger partial charge is 0.512 e. The topological polar surface area (TPSA) is 61.4 Å². The van der Waals surface area contributed by atoms with Gasteiger partial charge in [-0.1, -0.05) is 0 Å². The van der Waals surface area contributed by atoms with Gasteiger partial charge < -0.3 is 15.7 Å². The van der Waals surface area contributed by atoms with Gasteiger partial charge in [0.05, 0.1) is 5.76 Å². The summed E-state index contributed by atoms with van der Waals surface area (Å²) in [6.45, 7) is 2.17. The molecular formula is C12H16N2O2. The van der Waals surface area contributed by atoms with Crippen LogP contribution in [0, 0.1) is 5.92 Å². The van der Waals surface area contributed by atoms with E-state index in [9.17, 15) is 9.90 Å². The maximum absolute atomic E-state index is 10.7. The average Bonchev–Trinajstić information content (AvgIpc) is 2.60. The molecule has 0 aromatic heterocycles. The molecule has 0 fully saturated rings. The zero-order valence-electron chi connectivity index (χ0n) is 9.29. The zero-order valence-corrected chi connectivity index (χ0v) is 9.29. The fourth-order valence-corrected chi connectivity index (χ4v) is 2.07. The summed E-state index contributed by atoms with van der Waals surface area (Å²) in [6.07, 6.45) is 7.09. The van der Waals surface area contributed by atoms with E-state index in [2.05, 4.69) is 10.6 Å². The van der Waals surface area contributed by atoms with Crippen LogP contribution in [0.5, 0.6) is 0 Å². The number of rotatable bonds is 3. The van der Waals surface area contributed by atoms with Crippen molar-refractivity contribution in [1.82, 2.24) is 10.6 Å². The molecule has 1 aliphatic heterocycles. The first kappa shape index (κ1) is 10.8. The summed E-state index contributed by atoms with van der Waals surface area (Å²) in [4.78, 5) is 10.7. The van der Waals surface area contributed by atoms with E-state index < -0.39 is 0 Å². The summed E-state index contributed by atoms with van der Waals surface area (Å²) in [5.74, 6) is 0.676. The molecule has 0 saturated carbocycles. The molecule has 0 bridgehead atoms. The average molecular weight is 220 g/mol. The fraction of sp³-hybridized carbons (Fsp3) is 0.417. The molecule has 16 heavy (non-hydrogen) atoms. The van der Waals surface area contributed by atoms with E-state index >= 15 is 0 Å². The second kappa shape index (κ2) is 4.43. The molecule has 2 rings (SSSR count). The maximum atomic E-state index is 10.7. The van der Waals surface area contributed by atoms with E-state index in [1.54, 1.807) is 6.08 Å². The molecule has 3 N–H and O–H groups in total. The number of amides is 1. The Hall–Kier alpha value is -1.71. The van der Waals surface area contributed by atoms with E-state index in [-0.39, 0.29) is 11.8 Å². The highest BCUT2D eigenvalue weighted by Crippen LogP contribution is 2.34. The first-order chi connectivity index (χ1) is 7.66. The quantitative estimate of drug-likeness (QED) is 0.672. The molecule has 1 aliphatic carbocycles. The Bertz CT molecular complexity index is 394. The van der Waals surface area contributed by atoms with Gasteiger partial charge in [-0.2, -0.15) is 0 Å². The molecule has 2 aliphatic rings. The normalized spacial score (nSPS) is 22.6. The molecule has 1 heterocycles. The number of hydrogen-bond acceptors (Lipinski definition) is 3. The Morgan fingerprint density at radius 2 is 2.44 bits per heavy atom. The van der Waals surface area contributed by atoms with Gasteiger partial charge in [-0.05, 0) is 24.1 Å². The third kappa shape index (κ3) is 2.27. The molecule has 86 valence electrons. The molecule has 1 unspecified atom stereocenters. The first-order valence-electron chi connectivity index (χ1n) is 5.46. The third-order valence-corrected chi connectivity index (χ3v) is 2.90. The van der Waals surface area contributed by atoms with Crippen LogP contribution in [0.2, 0.25) is 0 Å². The molecule has 0 radical (unpaired) electrons. The number of carbonyl (C=O) groups excluding carboxylic acids is 1. The van der Waals surface area contributed by atoms with Gasteiger partial charge in [0.25, 0.3) is 0 Å². The number of allylic oxidation sites excluding steroid dienone is 4. The summed E-state index contributed by atoms with van der Waals surface area (Å²) in [5, 5.41) is 15.5. The molecule has 4 heteroatoms. The lowest BCUT2D eigenvalue weighted by molar-refractivity contribution is -0.118. The lowest BCUT2D eigenvalue weighted by Gasteiger charge is -2.18. The van der Waals surface area contributed by atoms with Crippen LogP contribution in [-0.4, -0.2) is 17.6 Å². The Kier molecular flexibility index (Phi) is 2.99. The predicted octanol–water partition coefficient (Wildman–Crippen LogP) is 1.35. The highest BCUT2D eigenvalue weighted by Gasteiger charge is 2.26. The summed E-state index contributed by atoms with van der Waals surface area (Å²) in [5.41, 5.74) is 2.37. The van der Waals surface area contributed by atoms with Crippen molar-refractivity contribution >= 4 is 5.91 Å². The van der Waals surface area contributed by atoms with Crippen LogP contribution in [0.15, 0.2) is 35.4 Å². The first-order valence-corrected chi connectivity index (χ1v) is 5.46.